The second-order valence-electron chi connectivity index (χ2n) is 8.07. The molecule has 148 valence electrons. The van der Waals surface area contributed by atoms with E-state index >= 15 is 0 Å². The number of amides is 1. The van der Waals surface area contributed by atoms with Crippen molar-refractivity contribution in [2.24, 2.45) is 11.1 Å². The number of ether oxygens (including phenoxy) is 1. The zero-order chi connectivity index (χ0) is 20.9. The molecule has 3 rings (SSSR count). The maximum Gasteiger partial charge on any atom is 0.331 e. The highest BCUT2D eigenvalue weighted by molar-refractivity contribution is 6.10. The molecule has 1 unspecified atom stereocenters. The Morgan fingerprint density at radius 2 is 1.89 bits per heavy atom. The van der Waals surface area contributed by atoms with E-state index in [1.165, 1.54) is 0 Å². The highest BCUT2D eigenvalue weighted by Gasteiger charge is 2.53. The summed E-state index contributed by atoms with van der Waals surface area (Å²) >= 11 is 0. The smallest absolute Gasteiger partial charge is 0.331 e. The van der Waals surface area contributed by atoms with E-state index in [0.717, 1.165) is 10.8 Å². The Hall–Kier alpha value is -3.09. The molecule has 0 saturated carbocycles. The number of fused-ring (bicyclic) bond motifs is 3. The first-order chi connectivity index (χ1) is 13.0. The minimum absolute atomic E-state index is 0.351. The van der Waals surface area contributed by atoms with Crippen LogP contribution in [0.25, 0.3) is 21.8 Å². The molecule has 0 radical (unpaired) electrons. The quantitative estimate of drug-likeness (QED) is 0.703. The molecule has 7 heteroatoms. The third-order valence-corrected chi connectivity index (χ3v) is 5.47. The van der Waals surface area contributed by atoms with E-state index in [0.29, 0.717) is 22.5 Å². The van der Waals surface area contributed by atoms with E-state index in [4.69, 9.17) is 10.5 Å². The van der Waals surface area contributed by atoms with Gasteiger partial charge in [-0.2, -0.15) is 0 Å². The molecule has 0 spiro atoms. The molecule has 2 aromatic heterocycles. The number of carbonyl (C=O) groups excluding carboxylic acids is 1. The van der Waals surface area contributed by atoms with Gasteiger partial charge in [0.15, 0.2) is 5.54 Å². The van der Waals surface area contributed by atoms with Crippen LogP contribution in [0.15, 0.2) is 30.5 Å². The molecule has 0 aliphatic heterocycles. The second kappa shape index (κ2) is 6.51. The lowest BCUT2D eigenvalue weighted by Gasteiger charge is -2.43. The monoisotopic (exact) mass is 383 g/mol. The maximum atomic E-state index is 12.8. The minimum atomic E-state index is -1.61. The third kappa shape index (κ3) is 2.69. The molecule has 7 nitrogen and oxygen atoms in total. The van der Waals surface area contributed by atoms with E-state index in [2.05, 4.69) is 4.98 Å². The van der Waals surface area contributed by atoms with E-state index in [1.807, 2.05) is 25.1 Å². The lowest BCUT2D eigenvalue weighted by Crippen LogP contribution is -2.54. The predicted molar refractivity (Wildman–Crippen MR) is 107 cm³/mol. The van der Waals surface area contributed by atoms with Crippen molar-refractivity contribution in [3.8, 4) is 5.75 Å². The van der Waals surface area contributed by atoms with Gasteiger partial charge >= 0.3 is 5.97 Å². The number of carbonyl (C=O) groups is 2. The summed E-state index contributed by atoms with van der Waals surface area (Å²) in [6.45, 7) is 7.23. The van der Waals surface area contributed by atoms with Crippen LogP contribution in [0.4, 0.5) is 0 Å². The molecule has 3 N–H and O–H groups in total. The number of benzene rings is 1. The Labute approximate surface area is 163 Å². The molecule has 0 bridgehead atoms. The fourth-order valence-electron chi connectivity index (χ4n) is 4.05. The Kier molecular flexibility index (Phi) is 4.57. The van der Waals surface area contributed by atoms with Crippen LogP contribution in [-0.2, 0) is 15.1 Å². The van der Waals surface area contributed by atoms with E-state index in [9.17, 15) is 14.7 Å². The largest absolute Gasteiger partial charge is 0.497 e. The summed E-state index contributed by atoms with van der Waals surface area (Å²) in [5.41, 5.74) is 5.10. The number of hydrogen-bond acceptors (Lipinski definition) is 4. The number of aliphatic carboxylic acids is 1. The normalized spacial score (nSPS) is 14.2. The molecule has 1 atom stereocenters. The zero-order valence-electron chi connectivity index (χ0n) is 16.7. The van der Waals surface area contributed by atoms with Gasteiger partial charge in [-0.25, -0.2) is 4.79 Å². The summed E-state index contributed by atoms with van der Waals surface area (Å²) in [6.07, 6.45) is 1.34. The van der Waals surface area contributed by atoms with E-state index < -0.39 is 22.8 Å². The molecule has 0 fully saturated rings. The van der Waals surface area contributed by atoms with E-state index in [-0.39, 0.29) is 6.42 Å². The SMILES string of the molecule is COc1ccc2c3ccnc(C)c3n(C(CC(N)=O)(C(=O)O)C(C)(C)C)c2c1. The number of nitrogens with two attached hydrogens (primary N) is 1. The van der Waals surface area contributed by atoms with Gasteiger partial charge in [0.2, 0.25) is 5.91 Å². The maximum absolute atomic E-state index is 12.8. The summed E-state index contributed by atoms with van der Waals surface area (Å²) in [5, 5.41) is 12.2. The number of methoxy groups -OCH3 is 1. The van der Waals surface area contributed by atoms with Crippen LogP contribution < -0.4 is 10.5 Å². The van der Waals surface area contributed by atoms with Crippen LogP contribution in [-0.4, -0.2) is 33.6 Å². The number of nitrogens with zero attached hydrogens (tertiary/aromatic N) is 2. The molecule has 1 aromatic carbocycles. The topological polar surface area (TPSA) is 107 Å². The zero-order valence-corrected chi connectivity index (χ0v) is 16.7. The third-order valence-electron chi connectivity index (χ3n) is 5.47. The molecular formula is C21H25N3O4. The summed E-state index contributed by atoms with van der Waals surface area (Å²) in [5.74, 6) is -1.21. The van der Waals surface area contributed by atoms with Crippen LogP contribution in [0.2, 0.25) is 0 Å². The van der Waals surface area contributed by atoms with Gasteiger partial charge in [-0.15, -0.1) is 0 Å². The minimum Gasteiger partial charge on any atom is -0.497 e. The van der Waals surface area contributed by atoms with Crippen LogP contribution in [0.3, 0.4) is 0 Å². The van der Waals surface area contributed by atoms with Crippen molar-refractivity contribution in [1.82, 2.24) is 9.55 Å². The molecule has 0 aliphatic rings. The first-order valence-corrected chi connectivity index (χ1v) is 9.00. The summed E-state index contributed by atoms with van der Waals surface area (Å²) < 4.78 is 7.09. The van der Waals surface area contributed by atoms with Gasteiger partial charge < -0.3 is 20.1 Å². The van der Waals surface area contributed by atoms with Gasteiger partial charge in [0.05, 0.1) is 30.3 Å². The number of pyridine rings is 1. The first-order valence-electron chi connectivity index (χ1n) is 9.00. The average molecular weight is 383 g/mol. The Balaban J connectivity index is 2.63. The number of hydrogen-bond donors (Lipinski definition) is 2. The lowest BCUT2D eigenvalue weighted by molar-refractivity contribution is -0.156. The van der Waals surface area contributed by atoms with Crippen molar-refractivity contribution < 1.29 is 19.4 Å². The van der Waals surface area contributed by atoms with Crippen molar-refractivity contribution in [1.29, 1.82) is 0 Å². The second-order valence-corrected chi connectivity index (χ2v) is 8.07. The van der Waals surface area contributed by atoms with Crippen molar-refractivity contribution in [2.75, 3.05) is 7.11 Å². The molecule has 2 heterocycles. The van der Waals surface area contributed by atoms with Crippen molar-refractivity contribution in [3.63, 3.8) is 0 Å². The van der Waals surface area contributed by atoms with Crippen molar-refractivity contribution >= 4 is 33.7 Å². The predicted octanol–water partition coefficient (Wildman–Crippen LogP) is 3.21. The van der Waals surface area contributed by atoms with E-state index in [1.54, 1.807) is 44.7 Å². The van der Waals surface area contributed by atoms with Gasteiger partial charge in [0.25, 0.3) is 0 Å². The summed E-state index contributed by atoms with van der Waals surface area (Å²) in [7, 11) is 1.55. The Bertz CT molecular complexity index is 1090. The molecule has 0 aliphatic carbocycles. The fraction of sp³-hybridized carbons (Fsp3) is 0.381. The van der Waals surface area contributed by atoms with Gasteiger partial charge in [-0.1, -0.05) is 20.8 Å². The van der Waals surface area contributed by atoms with Crippen LogP contribution in [0.5, 0.6) is 5.75 Å². The molecule has 28 heavy (non-hydrogen) atoms. The number of aryl methyl sites for hydroxylation is 1. The van der Waals surface area contributed by atoms with Gasteiger partial charge in [0, 0.05) is 23.0 Å². The number of carboxylic acids is 1. The van der Waals surface area contributed by atoms with Crippen molar-refractivity contribution in [2.45, 2.75) is 39.7 Å². The number of carboxylic acid groups (broad SMARTS) is 1. The summed E-state index contributed by atoms with van der Waals surface area (Å²) in [4.78, 5) is 29.2. The molecular weight excluding hydrogens is 358 g/mol. The number of primary amides is 1. The molecule has 3 aromatic rings. The molecule has 1 amide bonds. The van der Waals surface area contributed by atoms with Crippen molar-refractivity contribution in [3.05, 3.63) is 36.2 Å². The summed E-state index contributed by atoms with van der Waals surface area (Å²) in [6, 6.07) is 7.37. The average Bonchev–Trinajstić information content (AvgIpc) is 2.93. The van der Waals surface area contributed by atoms with Crippen LogP contribution in [0.1, 0.15) is 32.9 Å². The highest BCUT2D eigenvalue weighted by Crippen LogP contribution is 2.46. The molecule has 0 saturated heterocycles. The Morgan fingerprint density at radius 1 is 1.21 bits per heavy atom. The fourth-order valence-corrected chi connectivity index (χ4v) is 4.05. The van der Waals surface area contributed by atoms with Gasteiger partial charge in [0.1, 0.15) is 5.75 Å². The number of rotatable bonds is 5. The van der Waals surface area contributed by atoms with Crippen LogP contribution in [0, 0.1) is 12.3 Å². The van der Waals surface area contributed by atoms with Gasteiger partial charge in [-0.3, -0.25) is 9.78 Å². The standard InChI is InChI=1S/C21H25N3O4/c1-12-18-15(8-9-23-12)14-7-6-13(28-5)10-16(14)24(18)21(19(26)27,11-17(22)25)20(2,3)4/h6-10H,11H2,1-5H3,(H2,22,25)(H,26,27). The highest BCUT2D eigenvalue weighted by atomic mass is 16.5. The Morgan fingerprint density at radius 3 is 2.43 bits per heavy atom. The lowest BCUT2D eigenvalue weighted by atomic mass is 9.70. The van der Waals surface area contributed by atoms with Gasteiger partial charge in [-0.05, 0) is 30.5 Å². The number of aromatic nitrogens is 2. The van der Waals surface area contributed by atoms with Crippen LogP contribution >= 0.6 is 0 Å². The first kappa shape index (κ1) is 19.7.